The van der Waals surface area contributed by atoms with Crippen LogP contribution in [0.2, 0.25) is 0 Å². The summed E-state index contributed by atoms with van der Waals surface area (Å²) in [5.74, 6) is -0.868. The average molecular weight is 281 g/mol. The van der Waals surface area contributed by atoms with Gasteiger partial charge in [-0.25, -0.2) is 4.39 Å². The molecule has 1 atom stereocenters. The Kier molecular flexibility index (Phi) is 4.03. The van der Waals surface area contributed by atoms with E-state index in [1.165, 1.54) is 6.07 Å². The summed E-state index contributed by atoms with van der Waals surface area (Å²) in [5.41, 5.74) is 0.348. The fourth-order valence-corrected chi connectivity index (χ4v) is 3.05. The first-order valence-electron chi connectivity index (χ1n) is 7.11. The Morgan fingerprint density at radius 1 is 1.30 bits per heavy atom. The highest BCUT2D eigenvalue weighted by Gasteiger charge is 2.41. The van der Waals surface area contributed by atoms with Gasteiger partial charge in [-0.3, -0.25) is 4.90 Å². The molecule has 2 heterocycles. The second-order valence-corrected chi connectivity index (χ2v) is 5.48. The molecule has 0 saturated carbocycles. The summed E-state index contributed by atoms with van der Waals surface area (Å²) in [6, 6.07) is 6.37. The number of nitrogens with zero attached hydrogens (tertiary/aromatic N) is 1. The van der Waals surface area contributed by atoms with Crippen LogP contribution in [0.3, 0.4) is 0 Å². The van der Waals surface area contributed by atoms with Crippen LogP contribution in [0.25, 0.3) is 0 Å². The van der Waals surface area contributed by atoms with Crippen molar-refractivity contribution in [1.82, 2.24) is 4.90 Å². The molecule has 0 bridgehead atoms. The number of piperidine rings is 1. The largest absolute Gasteiger partial charge is 0.387 e. The van der Waals surface area contributed by atoms with E-state index in [1.807, 2.05) is 0 Å². The molecule has 2 aliphatic heterocycles. The number of halogens is 1. The number of β-amino-alcohol motifs (C(OH)–C–C–N with tert-alkyl or cyclic N) is 1. The predicted octanol–water partition coefficient (Wildman–Crippen LogP) is 1.70. The number of hydrogen-bond donors (Lipinski definition) is 1. The smallest absolute Gasteiger partial charge is 0.181 e. The predicted molar refractivity (Wildman–Crippen MR) is 71.7 cm³/mol. The van der Waals surface area contributed by atoms with Crippen LogP contribution in [0.4, 0.5) is 4.39 Å². The molecule has 1 aromatic rings. The van der Waals surface area contributed by atoms with E-state index in [2.05, 4.69) is 4.90 Å². The first-order chi connectivity index (χ1) is 9.69. The van der Waals surface area contributed by atoms with Gasteiger partial charge in [0.15, 0.2) is 5.79 Å². The van der Waals surface area contributed by atoms with Gasteiger partial charge in [0.05, 0.1) is 25.9 Å². The van der Waals surface area contributed by atoms with Crippen molar-refractivity contribution < 1.29 is 19.0 Å². The lowest BCUT2D eigenvalue weighted by Crippen LogP contribution is -2.49. The number of benzene rings is 1. The normalized spacial score (nSPS) is 24.1. The highest BCUT2D eigenvalue weighted by molar-refractivity contribution is 5.20. The van der Waals surface area contributed by atoms with Crippen molar-refractivity contribution in [1.29, 1.82) is 0 Å². The maximum Gasteiger partial charge on any atom is 0.181 e. The molecular weight excluding hydrogens is 261 g/mol. The van der Waals surface area contributed by atoms with E-state index < -0.39 is 11.9 Å². The van der Waals surface area contributed by atoms with Gasteiger partial charge in [0.25, 0.3) is 0 Å². The van der Waals surface area contributed by atoms with Crippen LogP contribution in [0.5, 0.6) is 0 Å². The molecule has 0 amide bonds. The molecule has 20 heavy (non-hydrogen) atoms. The zero-order valence-electron chi connectivity index (χ0n) is 11.4. The monoisotopic (exact) mass is 281 g/mol. The van der Waals surface area contributed by atoms with Crippen LogP contribution in [-0.2, 0) is 9.47 Å². The summed E-state index contributed by atoms with van der Waals surface area (Å²) in [4.78, 5) is 2.09. The van der Waals surface area contributed by atoms with Crippen LogP contribution in [0.1, 0.15) is 24.5 Å². The van der Waals surface area contributed by atoms with Crippen molar-refractivity contribution in [2.75, 3.05) is 32.8 Å². The Labute approximate surface area is 118 Å². The first-order valence-corrected chi connectivity index (χ1v) is 7.11. The fourth-order valence-electron chi connectivity index (χ4n) is 3.05. The van der Waals surface area contributed by atoms with Gasteiger partial charge < -0.3 is 14.6 Å². The summed E-state index contributed by atoms with van der Waals surface area (Å²) >= 11 is 0. The molecule has 1 spiro atoms. The van der Waals surface area contributed by atoms with Crippen molar-refractivity contribution in [2.24, 2.45) is 0 Å². The molecule has 2 aliphatic rings. The van der Waals surface area contributed by atoms with Crippen LogP contribution in [0.15, 0.2) is 24.3 Å². The summed E-state index contributed by atoms with van der Waals surface area (Å²) in [5, 5.41) is 10.2. The molecule has 0 aliphatic carbocycles. The molecule has 1 unspecified atom stereocenters. The number of ether oxygens (including phenoxy) is 2. The summed E-state index contributed by atoms with van der Waals surface area (Å²) in [6.07, 6.45) is 1.02. The summed E-state index contributed by atoms with van der Waals surface area (Å²) in [6.45, 7) is 3.17. The third-order valence-corrected chi connectivity index (χ3v) is 4.01. The zero-order valence-corrected chi connectivity index (χ0v) is 11.4. The SMILES string of the molecule is OC(CN1CCCC2(C1)OCCO2)c1ccccc1F. The lowest BCUT2D eigenvalue weighted by Gasteiger charge is -2.39. The highest BCUT2D eigenvalue weighted by atomic mass is 19.1. The number of likely N-dealkylation sites (tertiary alicyclic amines) is 1. The fraction of sp³-hybridized carbons (Fsp3) is 0.600. The van der Waals surface area contributed by atoms with Crippen LogP contribution < -0.4 is 0 Å². The van der Waals surface area contributed by atoms with Gasteiger partial charge in [-0.15, -0.1) is 0 Å². The quantitative estimate of drug-likeness (QED) is 0.915. The van der Waals surface area contributed by atoms with Gasteiger partial charge in [0.1, 0.15) is 5.82 Å². The minimum absolute atomic E-state index is 0.348. The van der Waals surface area contributed by atoms with Gasteiger partial charge in [0, 0.05) is 18.5 Å². The molecular formula is C15H20FNO3. The Balaban J connectivity index is 1.64. The molecule has 3 rings (SSSR count). The highest BCUT2D eigenvalue weighted by Crippen LogP contribution is 2.31. The van der Waals surface area contributed by atoms with E-state index in [9.17, 15) is 9.50 Å². The molecule has 1 N–H and O–H groups in total. The van der Waals surface area contributed by atoms with Gasteiger partial charge in [0.2, 0.25) is 0 Å². The molecule has 2 fully saturated rings. The molecule has 2 saturated heterocycles. The van der Waals surface area contributed by atoms with Gasteiger partial charge in [-0.05, 0) is 19.0 Å². The van der Waals surface area contributed by atoms with E-state index in [0.717, 1.165) is 19.4 Å². The molecule has 0 aromatic heterocycles. The van der Waals surface area contributed by atoms with Gasteiger partial charge >= 0.3 is 0 Å². The van der Waals surface area contributed by atoms with E-state index in [0.29, 0.717) is 31.9 Å². The van der Waals surface area contributed by atoms with Crippen molar-refractivity contribution in [3.05, 3.63) is 35.6 Å². The van der Waals surface area contributed by atoms with E-state index in [-0.39, 0.29) is 5.82 Å². The maximum absolute atomic E-state index is 13.7. The third kappa shape index (κ3) is 2.86. The third-order valence-electron chi connectivity index (χ3n) is 4.01. The number of aliphatic hydroxyl groups is 1. The molecule has 5 heteroatoms. The van der Waals surface area contributed by atoms with Crippen LogP contribution in [-0.4, -0.2) is 48.6 Å². The number of aliphatic hydroxyl groups excluding tert-OH is 1. The second-order valence-electron chi connectivity index (χ2n) is 5.48. The van der Waals surface area contributed by atoms with Crippen molar-refractivity contribution in [3.63, 3.8) is 0 Å². The minimum atomic E-state index is -0.826. The van der Waals surface area contributed by atoms with Crippen molar-refractivity contribution >= 4 is 0 Å². The minimum Gasteiger partial charge on any atom is -0.387 e. The zero-order chi connectivity index (χ0) is 14.0. The Morgan fingerprint density at radius 2 is 2.05 bits per heavy atom. The molecule has 110 valence electrons. The lowest BCUT2D eigenvalue weighted by atomic mass is 10.0. The Morgan fingerprint density at radius 3 is 2.80 bits per heavy atom. The van der Waals surface area contributed by atoms with Gasteiger partial charge in [-0.1, -0.05) is 18.2 Å². The Bertz CT molecular complexity index is 462. The van der Waals surface area contributed by atoms with Gasteiger partial charge in [-0.2, -0.15) is 0 Å². The van der Waals surface area contributed by atoms with E-state index >= 15 is 0 Å². The number of hydrogen-bond acceptors (Lipinski definition) is 4. The van der Waals surface area contributed by atoms with E-state index in [1.54, 1.807) is 18.2 Å². The van der Waals surface area contributed by atoms with Crippen LogP contribution >= 0.6 is 0 Å². The first kappa shape index (κ1) is 13.9. The second kappa shape index (κ2) is 5.77. The maximum atomic E-state index is 13.7. The Hall–Kier alpha value is -1.01. The number of rotatable bonds is 3. The van der Waals surface area contributed by atoms with E-state index in [4.69, 9.17) is 9.47 Å². The van der Waals surface area contributed by atoms with Crippen molar-refractivity contribution in [3.8, 4) is 0 Å². The average Bonchev–Trinajstić information content (AvgIpc) is 2.87. The molecule has 0 radical (unpaired) electrons. The van der Waals surface area contributed by atoms with Crippen molar-refractivity contribution in [2.45, 2.75) is 24.7 Å². The lowest BCUT2D eigenvalue weighted by molar-refractivity contribution is -0.191. The summed E-state index contributed by atoms with van der Waals surface area (Å²) < 4.78 is 25.1. The molecule has 4 nitrogen and oxygen atoms in total. The van der Waals surface area contributed by atoms with Crippen LogP contribution in [0, 0.1) is 5.82 Å². The standard InChI is InChI=1S/C15H20FNO3/c16-13-5-2-1-4-12(13)14(18)10-17-7-3-6-15(11-17)19-8-9-20-15/h1-2,4-5,14,18H,3,6-11H2. The summed E-state index contributed by atoms with van der Waals surface area (Å²) in [7, 11) is 0. The molecule has 1 aromatic carbocycles. The topological polar surface area (TPSA) is 41.9 Å².